The number of nitrogens with one attached hydrogen (secondary N) is 1. The molecule has 2 fully saturated rings. The topological polar surface area (TPSA) is 75.7 Å². The van der Waals surface area contributed by atoms with Gasteiger partial charge in [-0.1, -0.05) is 12.8 Å². The van der Waals surface area contributed by atoms with Crippen molar-refractivity contribution in [3.05, 3.63) is 29.8 Å². The highest BCUT2D eigenvalue weighted by Crippen LogP contribution is 2.30. The Labute approximate surface area is 147 Å². The predicted octanol–water partition coefficient (Wildman–Crippen LogP) is 2.59. The first-order valence-electron chi connectivity index (χ1n) is 8.96. The van der Waals surface area contributed by atoms with Crippen LogP contribution < -0.4 is 5.32 Å². The molecule has 2 amide bonds. The van der Waals surface area contributed by atoms with Crippen LogP contribution in [0.2, 0.25) is 0 Å². The van der Waals surface area contributed by atoms with E-state index in [2.05, 4.69) is 5.32 Å². The summed E-state index contributed by atoms with van der Waals surface area (Å²) in [6.07, 6.45) is 4.71. The molecular formula is C19H24N2O4. The van der Waals surface area contributed by atoms with E-state index in [1.165, 1.54) is 0 Å². The summed E-state index contributed by atoms with van der Waals surface area (Å²) in [6.45, 7) is 2.59. The molecule has 0 unspecified atom stereocenters. The number of carbonyl (C=O) groups excluding carboxylic acids is 3. The highest BCUT2D eigenvalue weighted by molar-refractivity contribution is 5.97. The standard InChI is InChI=1S/C19H24N2O4/c1-2-25-19(24)13-7-9-15(10-8-13)20-18(23)14-11-17(22)21(12-14)16-5-3-4-6-16/h7-10,14,16H,2-6,11-12H2,1H3,(H,20,23)/t14-/m0/s1. The van der Waals surface area contributed by atoms with Crippen LogP contribution in [0.25, 0.3) is 0 Å². The number of nitrogens with zero attached hydrogens (tertiary/aromatic N) is 1. The van der Waals surface area contributed by atoms with Gasteiger partial charge < -0.3 is 15.0 Å². The molecule has 1 aliphatic heterocycles. The minimum absolute atomic E-state index is 0.0877. The number of likely N-dealkylation sites (tertiary alicyclic amines) is 1. The van der Waals surface area contributed by atoms with E-state index in [9.17, 15) is 14.4 Å². The molecule has 3 rings (SSSR count). The third-order valence-corrected chi connectivity index (χ3v) is 4.96. The van der Waals surface area contributed by atoms with E-state index in [0.29, 0.717) is 30.4 Å². The highest BCUT2D eigenvalue weighted by atomic mass is 16.5. The number of hydrogen-bond donors (Lipinski definition) is 1. The Morgan fingerprint density at radius 3 is 2.52 bits per heavy atom. The second-order valence-electron chi connectivity index (χ2n) is 6.67. The van der Waals surface area contributed by atoms with Gasteiger partial charge in [0.2, 0.25) is 11.8 Å². The maximum atomic E-state index is 12.5. The second-order valence-corrected chi connectivity index (χ2v) is 6.67. The van der Waals surface area contributed by atoms with Crippen LogP contribution in [0.15, 0.2) is 24.3 Å². The van der Waals surface area contributed by atoms with Crippen molar-refractivity contribution in [1.29, 1.82) is 0 Å². The number of hydrogen-bond acceptors (Lipinski definition) is 4. The molecule has 1 aliphatic carbocycles. The minimum Gasteiger partial charge on any atom is -0.462 e. The van der Waals surface area contributed by atoms with Crippen LogP contribution in [0.5, 0.6) is 0 Å². The van der Waals surface area contributed by atoms with E-state index < -0.39 is 0 Å². The van der Waals surface area contributed by atoms with E-state index >= 15 is 0 Å². The zero-order chi connectivity index (χ0) is 17.8. The molecule has 0 aromatic heterocycles. The average molecular weight is 344 g/mol. The van der Waals surface area contributed by atoms with Crippen molar-refractivity contribution in [2.24, 2.45) is 5.92 Å². The number of rotatable bonds is 5. The van der Waals surface area contributed by atoms with Gasteiger partial charge in [-0.15, -0.1) is 0 Å². The molecule has 1 atom stereocenters. The van der Waals surface area contributed by atoms with Crippen molar-refractivity contribution in [2.45, 2.75) is 45.1 Å². The largest absolute Gasteiger partial charge is 0.462 e. The van der Waals surface area contributed by atoms with Crippen molar-refractivity contribution in [2.75, 3.05) is 18.5 Å². The number of esters is 1. The van der Waals surface area contributed by atoms with Gasteiger partial charge in [0.25, 0.3) is 0 Å². The van der Waals surface area contributed by atoms with Crippen molar-refractivity contribution in [3.8, 4) is 0 Å². The van der Waals surface area contributed by atoms with Crippen molar-refractivity contribution >= 4 is 23.5 Å². The van der Waals surface area contributed by atoms with E-state index in [-0.39, 0.29) is 30.1 Å². The first-order chi connectivity index (χ1) is 12.1. The Hall–Kier alpha value is -2.37. The molecule has 1 saturated heterocycles. The Balaban J connectivity index is 1.57. The molecule has 1 heterocycles. The number of anilines is 1. The fourth-order valence-corrected chi connectivity index (χ4v) is 3.62. The van der Waals surface area contributed by atoms with Crippen LogP contribution in [0.3, 0.4) is 0 Å². The molecular weight excluding hydrogens is 320 g/mol. The predicted molar refractivity (Wildman–Crippen MR) is 93.1 cm³/mol. The fourth-order valence-electron chi connectivity index (χ4n) is 3.62. The molecule has 6 nitrogen and oxygen atoms in total. The Morgan fingerprint density at radius 1 is 1.20 bits per heavy atom. The Kier molecular flexibility index (Phi) is 5.36. The molecule has 25 heavy (non-hydrogen) atoms. The summed E-state index contributed by atoms with van der Waals surface area (Å²) in [7, 11) is 0. The van der Waals surface area contributed by atoms with E-state index in [4.69, 9.17) is 4.74 Å². The molecule has 0 spiro atoms. The number of ether oxygens (including phenoxy) is 1. The average Bonchev–Trinajstić information content (AvgIpc) is 3.25. The van der Waals surface area contributed by atoms with Crippen LogP contribution in [0, 0.1) is 5.92 Å². The zero-order valence-corrected chi connectivity index (χ0v) is 14.5. The first-order valence-corrected chi connectivity index (χ1v) is 8.96. The summed E-state index contributed by atoms with van der Waals surface area (Å²) < 4.78 is 4.93. The third kappa shape index (κ3) is 4.00. The van der Waals surface area contributed by atoms with Crippen LogP contribution in [0.1, 0.15) is 49.4 Å². The van der Waals surface area contributed by atoms with Crippen LogP contribution in [-0.4, -0.2) is 41.9 Å². The molecule has 1 saturated carbocycles. The summed E-state index contributed by atoms with van der Waals surface area (Å²) >= 11 is 0. The molecule has 1 N–H and O–H groups in total. The molecule has 6 heteroatoms. The van der Waals surface area contributed by atoms with E-state index in [0.717, 1.165) is 25.7 Å². The second kappa shape index (κ2) is 7.68. The van der Waals surface area contributed by atoms with Gasteiger partial charge in [-0.05, 0) is 44.0 Å². The number of amides is 2. The molecule has 1 aromatic rings. The summed E-state index contributed by atoms with van der Waals surface area (Å²) in [4.78, 5) is 38.2. The lowest BCUT2D eigenvalue weighted by Gasteiger charge is -2.23. The molecule has 1 aromatic carbocycles. The molecule has 2 aliphatic rings. The zero-order valence-electron chi connectivity index (χ0n) is 14.5. The van der Waals surface area contributed by atoms with Crippen molar-refractivity contribution < 1.29 is 19.1 Å². The van der Waals surface area contributed by atoms with E-state index in [1.54, 1.807) is 31.2 Å². The molecule has 134 valence electrons. The Morgan fingerprint density at radius 2 is 1.88 bits per heavy atom. The van der Waals surface area contributed by atoms with Gasteiger partial charge in [-0.2, -0.15) is 0 Å². The van der Waals surface area contributed by atoms with Gasteiger partial charge in [-0.25, -0.2) is 4.79 Å². The summed E-state index contributed by atoms with van der Waals surface area (Å²) in [6, 6.07) is 6.91. The van der Waals surface area contributed by atoms with Gasteiger partial charge in [0.15, 0.2) is 0 Å². The maximum Gasteiger partial charge on any atom is 0.338 e. The monoisotopic (exact) mass is 344 g/mol. The lowest BCUT2D eigenvalue weighted by molar-refractivity contribution is -0.129. The normalized spacial score (nSPS) is 20.8. The quantitative estimate of drug-likeness (QED) is 0.833. The van der Waals surface area contributed by atoms with Crippen LogP contribution >= 0.6 is 0 Å². The van der Waals surface area contributed by atoms with Crippen LogP contribution in [0.4, 0.5) is 5.69 Å². The van der Waals surface area contributed by atoms with Gasteiger partial charge in [0, 0.05) is 24.7 Å². The van der Waals surface area contributed by atoms with Crippen molar-refractivity contribution in [1.82, 2.24) is 4.90 Å². The van der Waals surface area contributed by atoms with E-state index in [1.807, 2.05) is 4.90 Å². The highest BCUT2D eigenvalue weighted by Gasteiger charge is 2.38. The minimum atomic E-state index is -0.381. The summed E-state index contributed by atoms with van der Waals surface area (Å²) in [5.41, 5.74) is 1.06. The third-order valence-electron chi connectivity index (χ3n) is 4.96. The van der Waals surface area contributed by atoms with Crippen molar-refractivity contribution in [3.63, 3.8) is 0 Å². The smallest absolute Gasteiger partial charge is 0.338 e. The maximum absolute atomic E-state index is 12.5. The van der Waals surface area contributed by atoms with Gasteiger partial charge in [-0.3, -0.25) is 9.59 Å². The summed E-state index contributed by atoms with van der Waals surface area (Å²) in [5, 5.41) is 2.84. The Bertz CT molecular complexity index is 650. The van der Waals surface area contributed by atoms with Gasteiger partial charge >= 0.3 is 5.97 Å². The fraction of sp³-hybridized carbons (Fsp3) is 0.526. The number of benzene rings is 1. The molecule has 0 radical (unpaired) electrons. The summed E-state index contributed by atoms with van der Waals surface area (Å²) in [5.74, 6) is -0.741. The molecule has 0 bridgehead atoms. The lowest BCUT2D eigenvalue weighted by Crippen LogP contribution is -2.35. The lowest BCUT2D eigenvalue weighted by atomic mass is 10.1. The number of carbonyl (C=O) groups is 3. The SMILES string of the molecule is CCOC(=O)c1ccc(NC(=O)[C@H]2CC(=O)N(C3CCCC3)C2)cc1. The van der Waals surface area contributed by atoms with Gasteiger partial charge in [0.05, 0.1) is 18.1 Å². The van der Waals surface area contributed by atoms with Crippen LogP contribution in [-0.2, 0) is 14.3 Å². The van der Waals surface area contributed by atoms with Gasteiger partial charge in [0.1, 0.15) is 0 Å². The first kappa shape index (κ1) is 17.5.